The first kappa shape index (κ1) is 23.7. The zero-order chi connectivity index (χ0) is 25.4. The molecular formula is C30H29N3O3S. The third-order valence-electron chi connectivity index (χ3n) is 7.61. The van der Waals surface area contributed by atoms with Gasteiger partial charge in [-0.05, 0) is 54.3 Å². The van der Waals surface area contributed by atoms with Gasteiger partial charge in [-0.3, -0.25) is 9.59 Å². The molecule has 0 radical (unpaired) electrons. The molecule has 1 N–H and O–H groups in total. The Morgan fingerprint density at radius 3 is 2.46 bits per heavy atom. The van der Waals surface area contributed by atoms with Gasteiger partial charge in [0, 0.05) is 11.6 Å². The van der Waals surface area contributed by atoms with E-state index in [4.69, 9.17) is 4.74 Å². The summed E-state index contributed by atoms with van der Waals surface area (Å²) in [6.45, 7) is 0. The summed E-state index contributed by atoms with van der Waals surface area (Å²) in [6.07, 6.45) is 5.27. The van der Waals surface area contributed by atoms with Gasteiger partial charge in [-0.2, -0.15) is 0 Å². The fraction of sp³-hybridized carbons (Fsp3) is 0.300. The number of nitrogens with one attached hydrogen (secondary N) is 1. The maximum absolute atomic E-state index is 14.1. The number of para-hydroxylation sites is 1. The highest BCUT2D eigenvalue weighted by Gasteiger charge is 2.46. The van der Waals surface area contributed by atoms with Crippen LogP contribution in [0, 0.1) is 0 Å². The molecule has 3 aromatic carbocycles. The first-order chi connectivity index (χ1) is 18.1. The largest absolute Gasteiger partial charge is 0.497 e. The van der Waals surface area contributed by atoms with Gasteiger partial charge in [0.05, 0.1) is 29.3 Å². The summed E-state index contributed by atoms with van der Waals surface area (Å²) in [5.41, 5.74) is 3.16. The Labute approximate surface area is 220 Å². The minimum absolute atomic E-state index is 0.00681. The van der Waals surface area contributed by atoms with Gasteiger partial charge in [-0.25, -0.2) is 4.98 Å². The van der Waals surface area contributed by atoms with Gasteiger partial charge >= 0.3 is 0 Å². The Morgan fingerprint density at radius 2 is 1.70 bits per heavy atom. The molecule has 1 aromatic heterocycles. The number of carbonyl (C=O) groups excluding carboxylic acids is 2. The summed E-state index contributed by atoms with van der Waals surface area (Å²) in [5.74, 6) is 0.0233. The lowest BCUT2D eigenvalue weighted by atomic mass is 9.77. The number of fused-ring (bicyclic) bond motifs is 2. The van der Waals surface area contributed by atoms with E-state index in [1.54, 1.807) is 7.11 Å². The molecule has 1 fully saturated rings. The molecule has 2 heterocycles. The zero-order valence-electron chi connectivity index (χ0n) is 20.7. The fourth-order valence-corrected chi connectivity index (χ4v) is 6.73. The summed E-state index contributed by atoms with van der Waals surface area (Å²) < 4.78 is 6.41. The van der Waals surface area contributed by atoms with Crippen molar-refractivity contribution in [2.24, 2.45) is 0 Å². The Morgan fingerprint density at radius 1 is 0.973 bits per heavy atom. The average Bonchev–Trinajstić information content (AvgIpc) is 3.35. The van der Waals surface area contributed by atoms with Gasteiger partial charge in [0.1, 0.15) is 5.75 Å². The number of benzene rings is 3. The summed E-state index contributed by atoms with van der Waals surface area (Å²) >= 11 is 1.46. The van der Waals surface area contributed by atoms with Crippen molar-refractivity contribution in [2.45, 2.75) is 50.1 Å². The molecule has 0 saturated heterocycles. The summed E-state index contributed by atoms with van der Waals surface area (Å²) in [4.78, 5) is 34.8. The number of hydrogen-bond acceptors (Lipinski definition) is 5. The number of aromatic nitrogens is 1. The van der Waals surface area contributed by atoms with Crippen molar-refractivity contribution in [1.82, 2.24) is 9.88 Å². The van der Waals surface area contributed by atoms with E-state index < -0.39 is 12.0 Å². The van der Waals surface area contributed by atoms with Crippen LogP contribution in [0.5, 0.6) is 5.75 Å². The van der Waals surface area contributed by atoms with Crippen LogP contribution in [0.4, 0.5) is 5.13 Å². The van der Waals surface area contributed by atoms with Gasteiger partial charge in [0.2, 0.25) is 5.91 Å². The molecule has 1 aliphatic heterocycles. The minimum Gasteiger partial charge on any atom is -0.497 e. The van der Waals surface area contributed by atoms with E-state index in [0.717, 1.165) is 52.8 Å². The lowest BCUT2D eigenvalue weighted by Gasteiger charge is -2.46. The highest BCUT2D eigenvalue weighted by Crippen LogP contribution is 2.46. The maximum atomic E-state index is 14.1. The number of anilines is 1. The fourth-order valence-electron chi connectivity index (χ4n) is 5.86. The predicted octanol–water partition coefficient (Wildman–Crippen LogP) is 6.56. The van der Waals surface area contributed by atoms with E-state index in [1.807, 2.05) is 77.7 Å². The Balaban J connectivity index is 1.46. The average molecular weight is 512 g/mol. The van der Waals surface area contributed by atoms with Crippen LogP contribution in [0.25, 0.3) is 10.2 Å². The van der Waals surface area contributed by atoms with Crippen LogP contribution in [0.1, 0.15) is 65.5 Å². The topological polar surface area (TPSA) is 71.5 Å². The number of methoxy groups -OCH3 is 1. The first-order valence-electron chi connectivity index (χ1n) is 12.9. The van der Waals surface area contributed by atoms with Crippen LogP contribution in [0.15, 0.2) is 72.8 Å². The van der Waals surface area contributed by atoms with Crippen LogP contribution in [-0.2, 0) is 4.79 Å². The van der Waals surface area contributed by atoms with Crippen LogP contribution in [0.2, 0.25) is 0 Å². The van der Waals surface area contributed by atoms with Crippen molar-refractivity contribution in [3.05, 3.63) is 89.5 Å². The molecule has 6 rings (SSSR count). The second-order valence-corrected chi connectivity index (χ2v) is 10.8. The summed E-state index contributed by atoms with van der Waals surface area (Å²) in [7, 11) is 1.64. The molecule has 0 spiro atoms. The second-order valence-electron chi connectivity index (χ2n) is 9.76. The van der Waals surface area contributed by atoms with Crippen molar-refractivity contribution in [1.29, 1.82) is 0 Å². The van der Waals surface area contributed by atoms with Crippen molar-refractivity contribution in [3.8, 4) is 5.75 Å². The van der Waals surface area contributed by atoms with Gasteiger partial charge in [-0.15, -0.1) is 0 Å². The number of carbonyl (C=O) groups is 2. The van der Waals surface area contributed by atoms with Gasteiger partial charge in [0.15, 0.2) is 5.13 Å². The Bertz CT molecular complexity index is 1410. The summed E-state index contributed by atoms with van der Waals surface area (Å²) in [5, 5.41) is 3.68. The number of nitrogens with zero attached hydrogens (tertiary/aromatic N) is 2. The van der Waals surface area contributed by atoms with Crippen LogP contribution in [0.3, 0.4) is 0 Å². The van der Waals surface area contributed by atoms with Crippen molar-refractivity contribution in [2.75, 3.05) is 12.4 Å². The number of thiazole rings is 1. The SMILES string of the molecule is COc1ccc([C@@H]2[C@@H](C(=O)Nc3nc4ccccc4s3)c3ccccc3C(=O)N2C2CCCCC2)cc1. The van der Waals surface area contributed by atoms with Crippen molar-refractivity contribution in [3.63, 3.8) is 0 Å². The van der Waals surface area contributed by atoms with Gasteiger partial charge < -0.3 is 15.0 Å². The lowest BCUT2D eigenvalue weighted by Crippen LogP contribution is -2.51. The van der Waals surface area contributed by atoms with Crippen LogP contribution in [-0.4, -0.2) is 34.8 Å². The van der Waals surface area contributed by atoms with Gasteiger partial charge in [0.25, 0.3) is 5.91 Å². The Kier molecular flexibility index (Phi) is 6.38. The maximum Gasteiger partial charge on any atom is 0.254 e. The highest BCUT2D eigenvalue weighted by molar-refractivity contribution is 7.22. The molecule has 1 saturated carbocycles. The second kappa shape index (κ2) is 9.98. The molecule has 4 aromatic rings. The molecule has 188 valence electrons. The third kappa shape index (κ3) is 4.37. The van der Waals surface area contributed by atoms with Crippen molar-refractivity contribution >= 4 is 38.5 Å². The zero-order valence-corrected chi connectivity index (χ0v) is 21.5. The van der Waals surface area contributed by atoms with E-state index in [2.05, 4.69) is 10.3 Å². The number of amides is 2. The standard InChI is InChI=1S/C30H29N3O3S/c1-36-21-17-15-19(16-18-21)27-26(28(34)32-30-31-24-13-7-8-14-25(24)37-30)22-11-5-6-12-23(22)29(35)33(27)20-9-3-2-4-10-20/h5-8,11-18,20,26-27H,2-4,9-10H2,1H3,(H,31,32,34)/t26-,27+/m0/s1. The van der Waals surface area contributed by atoms with E-state index in [1.165, 1.54) is 17.8 Å². The van der Waals surface area contributed by atoms with Crippen molar-refractivity contribution < 1.29 is 14.3 Å². The third-order valence-corrected chi connectivity index (χ3v) is 8.56. The normalized spacial score (nSPS) is 20.0. The van der Waals surface area contributed by atoms with Crippen LogP contribution >= 0.6 is 11.3 Å². The molecule has 2 amide bonds. The predicted molar refractivity (Wildman–Crippen MR) is 146 cm³/mol. The molecule has 2 aliphatic rings. The van der Waals surface area contributed by atoms with E-state index >= 15 is 0 Å². The monoisotopic (exact) mass is 511 g/mol. The first-order valence-corrected chi connectivity index (χ1v) is 13.7. The van der Waals surface area contributed by atoms with Gasteiger partial charge in [-0.1, -0.05) is 73.1 Å². The molecule has 6 nitrogen and oxygen atoms in total. The molecule has 0 bridgehead atoms. The molecular weight excluding hydrogens is 482 g/mol. The van der Waals surface area contributed by atoms with E-state index in [9.17, 15) is 9.59 Å². The number of hydrogen-bond donors (Lipinski definition) is 1. The number of ether oxygens (including phenoxy) is 1. The molecule has 1 aliphatic carbocycles. The lowest BCUT2D eigenvalue weighted by molar-refractivity contribution is -0.119. The smallest absolute Gasteiger partial charge is 0.254 e. The van der Waals surface area contributed by atoms with E-state index in [-0.39, 0.29) is 17.9 Å². The van der Waals surface area contributed by atoms with Crippen LogP contribution < -0.4 is 10.1 Å². The number of rotatable bonds is 5. The quantitative estimate of drug-likeness (QED) is 0.330. The molecule has 0 unspecified atom stereocenters. The molecule has 37 heavy (non-hydrogen) atoms. The summed E-state index contributed by atoms with van der Waals surface area (Å²) in [6, 6.07) is 22.9. The minimum atomic E-state index is -0.573. The Hall–Kier alpha value is -3.71. The van der Waals surface area contributed by atoms with E-state index in [0.29, 0.717) is 10.7 Å². The molecule has 7 heteroatoms. The highest BCUT2D eigenvalue weighted by atomic mass is 32.1. The molecule has 2 atom stereocenters.